The van der Waals surface area contributed by atoms with Crippen LogP contribution in [-0.4, -0.2) is 13.7 Å². The molecule has 0 unspecified atom stereocenters. The van der Waals surface area contributed by atoms with Crippen molar-refractivity contribution in [1.29, 1.82) is 0 Å². The summed E-state index contributed by atoms with van der Waals surface area (Å²) < 4.78 is 5.06. The predicted molar refractivity (Wildman–Crippen MR) is 76.9 cm³/mol. The lowest BCUT2D eigenvalue weighted by Gasteiger charge is -2.07. The van der Waals surface area contributed by atoms with Crippen LogP contribution in [0, 0.1) is 0 Å². The SMILES string of the molecule is COCCc1ccc(-c2cc(Cl)ccc2N)cc1. The lowest BCUT2D eigenvalue weighted by atomic mass is 10.0. The van der Waals surface area contributed by atoms with Crippen LogP contribution in [0.25, 0.3) is 11.1 Å². The molecule has 0 saturated carbocycles. The van der Waals surface area contributed by atoms with Crippen LogP contribution in [0.15, 0.2) is 42.5 Å². The van der Waals surface area contributed by atoms with Gasteiger partial charge in [0.25, 0.3) is 0 Å². The number of methoxy groups -OCH3 is 1. The second kappa shape index (κ2) is 5.89. The Bertz CT molecular complexity index is 523. The number of nitrogens with two attached hydrogens (primary N) is 1. The molecule has 0 spiro atoms. The van der Waals surface area contributed by atoms with Crippen molar-refractivity contribution in [3.63, 3.8) is 0 Å². The summed E-state index contributed by atoms with van der Waals surface area (Å²) in [5.74, 6) is 0. The Balaban J connectivity index is 2.25. The first kappa shape index (κ1) is 12.9. The van der Waals surface area contributed by atoms with E-state index in [1.807, 2.05) is 12.1 Å². The molecule has 2 N–H and O–H groups in total. The topological polar surface area (TPSA) is 35.2 Å². The van der Waals surface area contributed by atoms with Crippen molar-refractivity contribution in [2.45, 2.75) is 6.42 Å². The van der Waals surface area contributed by atoms with E-state index in [2.05, 4.69) is 24.3 Å². The normalized spacial score (nSPS) is 10.6. The average Bonchev–Trinajstić information content (AvgIpc) is 2.40. The van der Waals surface area contributed by atoms with Crippen LogP contribution >= 0.6 is 11.6 Å². The zero-order valence-electron chi connectivity index (χ0n) is 10.3. The van der Waals surface area contributed by atoms with Crippen LogP contribution in [0.4, 0.5) is 5.69 Å². The van der Waals surface area contributed by atoms with E-state index in [-0.39, 0.29) is 0 Å². The van der Waals surface area contributed by atoms with Gasteiger partial charge in [-0.2, -0.15) is 0 Å². The van der Waals surface area contributed by atoms with Crippen molar-refractivity contribution in [3.05, 3.63) is 53.1 Å². The molecule has 0 amide bonds. The van der Waals surface area contributed by atoms with E-state index >= 15 is 0 Å². The van der Waals surface area contributed by atoms with E-state index in [1.165, 1.54) is 5.56 Å². The summed E-state index contributed by atoms with van der Waals surface area (Å²) in [4.78, 5) is 0. The molecule has 0 aliphatic rings. The third-order valence-electron chi connectivity index (χ3n) is 2.88. The zero-order chi connectivity index (χ0) is 13.0. The van der Waals surface area contributed by atoms with Crippen molar-refractivity contribution in [1.82, 2.24) is 0 Å². The number of benzene rings is 2. The van der Waals surface area contributed by atoms with Crippen molar-refractivity contribution < 1.29 is 4.74 Å². The molecular weight excluding hydrogens is 246 g/mol. The number of hydrogen-bond donors (Lipinski definition) is 1. The van der Waals surface area contributed by atoms with E-state index in [1.54, 1.807) is 13.2 Å². The molecule has 0 saturated heterocycles. The molecular formula is C15H16ClNO. The lowest BCUT2D eigenvalue weighted by molar-refractivity contribution is 0.202. The van der Waals surface area contributed by atoms with Crippen LogP contribution in [0.1, 0.15) is 5.56 Å². The highest BCUT2D eigenvalue weighted by atomic mass is 35.5. The Morgan fingerprint density at radius 2 is 1.83 bits per heavy atom. The second-order valence-electron chi connectivity index (χ2n) is 4.17. The first-order valence-electron chi connectivity index (χ1n) is 5.84. The van der Waals surface area contributed by atoms with E-state index < -0.39 is 0 Å². The fraction of sp³-hybridized carbons (Fsp3) is 0.200. The predicted octanol–water partition coefficient (Wildman–Crippen LogP) is 3.78. The van der Waals surface area contributed by atoms with E-state index in [9.17, 15) is 0 Å². The number of ether oxygens (including phenoxy) is 1. The Morgan fingerprint density at radius 1 is 1.11 bits per heavy atom. The molecule has 0 atom stereocenters. The molecule has 0 fully saturated rings. The van der Waals surface area contributed by atoms with Gasteiger partial charge in [0.1, 0.15) is 0 Å². The fourth-order valence-corrected chi connectivity index (χ4v) is 2.02. The average molecular weight is 262 g/mol. The Kier molecular flexibility index (Phi) is 4.24. The van der Waals surface area contributed by atoms with Crippen molar-refractivity contribution >= 4 is 17.3 Å². The quantitative estimate of drug-likeness (QED) is 0.850. The summed E-state index contributed by atoms with van der Waals surface area (Å²) in [5, 5.41) is 0.697. The summed E-state index contributed by atoms with van der Waals surface area (Å²) in [6.45, 7) is 0.735. The minimum Gasteiger partial charge on any atom is -0.398 e. The first-order chi connectivity index (χ1) is 8.70. The molecule has 0 aliphatic carbocycles. The zero-order valence-corrected chi connectivity index (χ0v) is 11.1. The van der Waals surface area contributed by atoms with E-state index in [0.29, 0.717) is 5.02 Å². The molecule has 0 radical (unpaired) electrons. The monoisotopic (exact) mass is 261 g/mol. The highest BCUT2D eigenvalue weighted by molar-refractivity contribution is 6.31. The molecule has 2 rings (SSSR count). The van der Waals surface area contributed by atoms with Crippen LogP contribution in [0.2, 0.25) is 5.02 Å². The summed E-state index contributed by atoms with van der Waals surface area (Å²) >= 11 is 5.99. The Hall–Kier alpha value is -1.51. The van der Waals surface area contributed by atoms with Gasteiger partial charge in [0.05, 0.1) is 6.61 Å². The number of anilines is 1. The van der Waals surface area contributed by atoms with Crippen LogP contribution < -0.4 is 5.73 Å². The van der Waals surface area contributed by atoms with E-state index in [4.69, 9.17) is 22.1 Å². The van der Waals surface area contributed by atoms with Gasteiger partial charge in [-0.25, -0.2) is 0 Å². The molecule has 0 aromatic heterocycles. The molecule has 2 nitrogen and oxygen atoms in total. The van der Waals surface area contributed by atoms with Gasteiger partial charge in [0, 0.05) is 23.4 Å². The molecule has 0 heterocycles. The summed E-state index contributed by atoms with van der Waals surface area (Å²) in [6.07, 6.45) is 0.918. The van der Waals surface area contributed by atoms with Gasteiger partial charge in [-0.05, 0) is 35.7 Å². The van der Waals surface area contributed by atoms with Gasteiger partial charge in [-0.1, -0.05) is 35.9 Å². The maximum absolute atomic E-state index is 5.99. The van der Waals surface area contributed by atoms with Crippen LogP contribution in [-0.2, 0) is 11.2 Å². The minimum absolute atomic E-state index is 0.697. The Labute approximate surface area is 112 Å². The fourth-order valence-electron chi connectivity index (χ4n) is 1.85. The van der Waals surface area contributed by atoms with Crippen molar-refractivity contribution in [3.8, 4) is 11.1 Å². The largest absolute Gasteiger partial charge is 0.398 e. The van der Waals surface area contributed by atoms with Gasteiger partial charge < -0.3 is 10.5 Å². The maximum atomic E-state index is 5.99. The van der Waals surface area contributed by atoms with Gasteiger partial charge >= 0.3 is 0 Å². The third-order valence-corrected chi connectivity index (χ3v) is 3.11. The molecule has 3 heteroatoms. The Morgan fingerprint density at radius 3 is 2.50 bits per heavy atom. The third kappa shape index (κ3) is 3.03. The number of rotatable bonds is 4. The number of hydrogen-bond acceptors (Lipinski definition) is 2. The standard InChI is InChI=1S/C15H16ClNO/c1-18-9-8-11-2-4-12(5-3-11)14-10-13(16)6-7-15(14)17/h2-7,10H,8-9,17H2,1H3. The van der Waals surface area contributed by atoms with E-state index in [0.717, 1.165) is 29.8 Å². The summed E-state index contributed by atoms with van der Waals surface area (Å²) in [6, 6.07) is 13.8. The highest BCUT2D eigenvalue weighted by Crippen LogP contribution is 2.28. The molecule has 0 aliphatic heterocycles. The van der Waals surface area contributed by atoms with Crippen LogP contribution in [0.3, 0.4) is 0 Å². The first-order valence-corrected chi connectivity index (χ1v) is 6.22. The summed E-state index contributed by atoms with van der Waals surface area (Å²) in [7, 11) is 1.71. The molecule has 2 aromatic rings. The molecule has 18 heavy (non-hydrogen) atoms. The smallest absolute Gasteiger partial charge is 0.0502 e. The minimum atomic E-state index is 0.697. The van der Waals surface area contributed by atoms with Crippen molar-refractivity contribution in [2.75, 3.05) is 19.5 Å². The lowest BCUT2D eigenvalue weighted by Crippen LogP contribution is -1.94. The van der Waals surface area contributed by atoms with Gasteiger partial charge in [-0.15, -0.1) is 0 Å². The molecule has 0 bridgehead atoms. The van der Waals surface area contributed by atoms with Gasteiger partial charge in [0.2, 0.25) is 0 Å². The number of nitrogen functional groups attached to an aromatic ring is 1. The molecule has 94 valence electrons. The number of halogens is 1. The van der Waals surface area contributed by atoms with Gasteiger partial charge in [-0.3, -0.25) is 0 Å². The van der Waals surface area contributed by atoms with Gasteiger partial charge in [0.15, 0.2) is 0 Å². The van der Waals surface area contributed by atoms with Crippen LogP contribution in [0.5, 0.6) is 0 Å². The second-order valence-corrected chi connectivity index (χ2v) is 4.61. The highest BCUT2D eigenvalue weighted by Gasteiger charge is 2.03. The molecule has 2 aromatic carbocycles. The summed E-state index contributed by atoms with van der Waals surface area (Å²) in [5.41, 5.74) is 10.0. The maximum Gasteiger partial charge on any atom is 0.0502 e. The van der Waals surface area contributed by atoms with Crippen molar-refractivity contribution in [2.24, 2.45) is 0 Å².